The van der Waals surface area contributed by atoms with Gasteiger partial charge in [-0.15, -0.1) is 0 Å². The highest BCUT2D eigenvalue weighted by atomic mass is 79.9. The third-order valence-corrected chi connectivity index (χ3v) is 2.79. The fraction of sp³-hybridized carbons (Fsp3) is 0.714. The van der Waals surface area contributed by atoms with E-state index in [1.54, 1.807) is 0 Å². The molecule has 1 aliphatic carbocycles. The lowest BCUT2D eigenvalue weighted by Crippen LogP contribution is -2.40. The van der Waals surface area contributed by atoms with Crippen molar-refractivity contribution in [2.24, 2.45) is 0 Å². The van der Waals surface area contributed by atoms with Gasteiger partial charge in [0.2, 0.25) is 0 Å². The van der Waals surface area contributed by atoms with Gasteiger partial charge < -0.3 is 10.4 Å². The Morgan fingerprint density at radius 2 is 2.33 bits per heavy atom. The number of amides is 1. The zero-order valence-electron chi connectivity index (χ0n) is 6.42. The number of halogens is 1. The smallest absolute Gasteiger partial charge is 0.404 e. The van der Waals surface area contributed by atoms with Crippen LogP contribution in [-0.2, 0) is 4.79 Å². The van der Waals surface area contributed by atoms with Crippen LogP contribution in [-0.4, -0.2) is 27.9 Å². The van der Waals surface area contributed by atoms with Crippen molar-refractivity contribution >= 4 is 27.8 Å². The lowest BCUT2D eigenvalue weighted by Gasteiger charge is -2.24. The maximum atomic E-state index is 11.0. The van der Waals surface area contributed by atoms with E-state index in [-0.39, 0.29) is 16.7 Å². The van der Waals surface area contributed by atoms with Crippen LogP contribution in [0.25, 0.3) is 0 Å². The van der Waals surface area contributed by atoms with Gasteiger partial charge in [-0.2, -0.15) is 0 Å². The second-order valence-electron chi connectivity index (χ2n) is 2.85. The molecule has 0 bridgehead atoms. The van der Waals surface area contributed by atoms with E-state index in [0.29, 0.717) is 19.3 Å². The molecule has 0 aromatic heterocycles. The van der Waals surface area contributed by atoms with Crippen LogP contribution in [0.5, 0.6) is 0 Å². The molecule has 0 spiro atoms. The van der Waals surface area contributed by atoms with Gasteiger partial charge in [-0.25, -0.2) is 4.79 Å². The Labute approximate surface area is 78.5 Å². The van der Waals surface area contributed by atoms with Crippen molar-refractivity contribution in [3.05, 3.63) is 0 Å². The standard InChI is InChI=1S/C7H10BrNO3/c8-5-3-4(9-7(11)12)1-2-6(5)10/h4-5,9H,1-3H2,(H,11,12). The molecule has 1 rings (SSSR count). The van der Waals surface area contributed by atoms with Crippen molar-refractivity contribution in [2.45, 2.75) is 30.1 Å². The average Bonchev–Trinajstić information content (AvgIpc) is 1.96. The van der Waals surface area contributed by atoms with Crippen LogP contribution < -0.4 is 5.32 Å². The Balaban J connectivity index is 2.40. The summed E-state index contributed by atoms with van der Waals surface area (Å²) < 4.78 is 0. The van der Waals surface area contributed by atoms with Crippen molar-refractivity contribution in [2.75, 3.05) is 0 Å². The second kappa shape index (κ2) is 3.89. The molecule has 0 aliphatic heterocycles. The number of Topliss-reactive ketones (excluding diaryl/α,β-unsaturated/α-hetero) is 1. The summed E-state index contributed by atoms with van der Waals surface area (Å²) in [7, 11) is 0. The van der Waals surface area contributed by atoms with E-state index in [9.17, 15) is 9.59 Å². The van der Waals surface area contributed by atoms with Crippen LogP contribution in [0, 0.1) is 0 Å². The molecule has 68 valence electrons. The number of carboxylic acid groups (broad SMARTS) is 1. The average molecular weight is 236 g/mol. The Hall–Kier alpha value is -0.580. The van der Waals surface area contributed by atoms with Gasteiger partial charge in [0.05, 0.1) is 4.83 Å². The predicted octanol–water partition coefficient (Wildman–Crippen LogP) is 1.14. The van der Waals surface area contributed by atoms with Crippen molar-refractivity contribution in [1.82, 2.24) is 5.32 Å². The normalized spacial score (nSPS) is 29.9. The lowest BCUT2D eigenvalue weighted by molar-refractivity contribution is -0.119. The first-order valence-corrected chi connectivity index (χ1v) is 4.67. The van der Waals surface area contributed by atoms with Crippen molar-refractivity contribution in [1.29, 1.82) is 0 Å². The Bertz CT molecular complexity index is 207. The van der Waals surface area contributed by atoms with E-state index in [1.165, 1.54) is 0 Å². The number of carbonyl (C=O) groups excluding carboxylic acids is 1. The number of hydrogen-bond acceptors (Lipinski definition) is 2. The van der Waals surface area contributed by atoms with E-state index in [2.05, 4.69) is 21.2 Å². The Kier molecular flexibility index (Phi) is 3.08. The number of alkyl halides is 1. The van der Waals surface area contributed by atoms with Gasteiger partial charge in [0.1, 0.15) is 5.78 Å². The van der Waals surface area contributed by atoms with Gasteiger partial charge in [0.15, 0.2) is 0 Å². The molecule has 0 radical (unpaired) electrons. The molecular weight excluding hydrogens is 226 g/mol. The minimum Gasteiger partial charge on any atom is -0.465 e. The summed E-state index contributed by atoms with van der Waals surface area (Å²) in [6.45, 7) is 0. The number of ketones is 1. The minimum absolute atomic E-state index is 0.0791. The number of carbonyl (C=O) groups is 2. The molecule has 1 fully saturated rings. The first-order chi connectivity index (χ1) is 5.59. The van der Waals surface area contributed by atoms with Crippen LogP contribution in [0.2, 0.25) is 0 Å². The highest BCUT2D eigenvalue weighted by molar-refractivity contribution is 9.10. The third kappa shape index (κ3) is 2.48. The zero-order chi connectivity index (χ0) is 9.14. The maximum Gasteiger partial charge on any atom is 0.404 e. The topological polar surface area (TPSA) is 66.4 Å². The van der Waals surface area contributed by atoms with Crippen LogP contribution in [0.1, 0.15) is 19.3 Å². The van der Waals surface area contributed by atoms with Crippen LogP contribution in [0.4, 0.5) is 4.79 Å². The molecule has 4 nitrogen and oxygen atoms in total. The summed E-state index contributed by atoms with van der Waals surface area (Å²) in [6, 6.07) is -0.0791. The monoisotopic (exact) mass is 235 g/mol. The van der Waals surface area contributed by atoms with E-state index < -0.39 is 6.09 Å². The van der Waals surface area contributed by atoms with E-state index in [1.807, 2.05) is 0 Å². The van der Waals surface area contributed by atoms with Crippen molar-refractivity contribution < 1.29 is 14.7 Å². The van der Waals surface area contributed by atoms with E-state index >= 15 is 0 Å². The summed E-state index contributed by atoms with van der Waals surface area (Å²) in [6.07, 6.45) is 0.619. The summed E-state index contributed by atoms with van der Waals surface area (Å²) in [5.74, 6) is 0.165. The third-order valence-electron chi connectivity index (χ3n) is 1.91. The molecule has 1 aliphatic rings. The molecule has 2 N–H and O–H groups in total. The predicted molar refractivity (Wildman–Crippen MR) is 46.5 cm³/mol. The molecule has 2 atom stereocenters. The molecule has 1 saturated carbocycles. The van der Waals surface area contributed by atoms with E-state index in [4.69, 9.17) is 5.11 Å². The van der Waals surface area contributed by atoms with E-state index in [0.717, 1.165) is 0 Å². The molecule has 0 saturated heterocycles. The number of hydrogen-bond donors (Lipinski definition) is 2. The summed E-state index contributed by atoms with van der Waals surface area (Å²) in [5.41, 5.74) is 0. The molecular formula is C7H10BrNO3. The molecule has 0 heterocycles. The molecule has 1 amide bonds. The van der Waals surface area contributed by atoms with Crippen molar-refractivity contribution in [3.63, 3.8) is 0 Å². The fourth-order valence-electron chi connectivity index (χ4n) is 1.28. The van der Waals surface area contributed by atoms with Gasteiger partial charge in [-0.05, 0) is 12.8 Å². The highest BCUT2D eigenvalue weighted by Gasteiger charge is 2.27. The summed E-state index contributed by atoms with van der Waals surface area (Å²) in [5, 5.41) is 10.8. The molecule has 12 heavy (non-hydrogen) atoms. The molecule has 0 aromatic carbocycles. The summed E-state index contributed by atoms with van der Waals surface area (Å²) >= 11 is 3.20. The van der Waals surface area contributed by atoms with Gasteiger partial charge >= 0.3 is 6.09 Å². The highest BCUT2D eigenvalue weighted by Crippen LogP contribution is 2.21. The Morgan fingerprint density at radius 3 is 2.83 bits per heavy atom. The molecule has 2 unspecified atom stereocenters. The SMILES string of the molecule is O=C(O)NC1CCC(=O)C(Br)C1. The fourth-order valence-corrected chi connectivity index (χ4v) is 1.96. The van der Waals surface area contributed by atoms with Gasteiger partial charge in [0.25, 0.3) is 0 Å². The molecule has 0 aromatic rings. The number of nitrogens with one attached hydrogen (secondary N) is 1. The van der Waals surface area contributed by atoms with Crippen LogP contribution in [0.15, 0.2) is 0 Å². The maximum absolute atomic E-state index is 11.0. The zero-order valence-corrected chi connectivity index (χ0v) is 8.00. The van der Waals surface area contributed by atoms with Crippen LogP contribution >= 0.6 is 15.9 Å². The van der Waals surface area contributed by atoms with Gasteiger partial charge in [-0.3, -0.25) is 4.79 Å². The lowest BCUT2D eigenvalue weighted by atomic mass is 9.94. The minimum atomic E-state index is -1.02. The van der Waals surface area contributed by atoms with Crippen LogP contribution in [0.3, 0.4) is 0 Å². The van der Waals surface area contributed by atoms with Crippen molar-refractivity contribution in [3.8, 4) is 0 Å². The second-order valence-corrected chi connectivity index (χ2v) is 3.96. The van der Waals surface area contributed by atoms with Gasteiger partial charge in [0, 0.05) is 12.5 Å². The number of rotatable bonds is 1. The molecule has 5 heteroatoms. The first-order valence-electron chi connectivity index (χ1n) is 3.76. The van der Waals surface area contributed by atoms with Gasteiger partial charge in [-0.1, -0.05) is 15.9 Å². The Morgan fingerprint density at radius 1 is 1.67 bits per heavy atom. The first kappa shape index (κ1) is 9.51. The quantitative estimate of drug-likeness (QED) is 0.671. The largest absolute Gasteiger partial charge is 0.465 e. The summed E-state index contributed by atoms with van der Waals surface area (Å²) in [4.78, 5) is 21.1.